The maximum absolute atomic E-state index is 12.3. The third-order valence-corrected chi connectivity index (χ3v) is 7.02. The predicted molar refractivity (Wildman–Crippen MR) is 97.8 cm³/mol. The van der Waals surface area contributed by atoms with Gasteiger partial charge in [0.15, 0.2) is 0 Å². The average Bonchev–Trinajstić information content (AvgIpc) is 2.65. The van der Waals surface area contributed by atoms with E-state index in [-0.39, 0.29) is 17.8 Å². The van der Waals surface area contributed by atoms with E-state index in [0.29, 0.717) is 18.3 Å². The van der Waals surface area contributed by atoms with Gasteiger partial charge >= 0.3 is 12.3 Å². The largest absolute Gasteiger partial charge is 0.573 e. The highest BCUT2D eigenvalue weighted by molar-refractivity contribution is 5.75. The van der Waals surface area contributed by atoms with E-state index < -0.39 is 6.36 Å². The van der Waals surface area contributed by atoms with Gasteiger partial charge in [-0.3, -0.25) is 4.79 Å². The Balaban J connectivity index is 1.23. The molecule has 1 aromatic carbocycles. The average molecular weight is 396 g/mol. The summed E-state index contributed by atoms with van der Waals surface area (Å²) in [5.74, 6) is 2.32. The van der Waals surface area contributed by atoms with Crippen LogP contribution in [0.5, 0.6) is 5.75 Å². The van der Waals surface area contributed by atoms with Gasteiger partial charge in [0.05, 0.1) is 6.42 Å². The number of rotatable bonds is 4. The molecule has 0 amide bonds. The van der Waals surface area contributed by atoms with Crippen molar-refractivity contribution >= 4 is 5.97 Å². The molecule has 28 heavy (non-hydrogen) atoms. The molecule has 1 saturated heterocycles. The molecule has 0 radical (unpaired) electrons. The zero-order valence-corrected chi connectivity index (χ0v) is 15.9. The molecule has 1 aliphatic heterocycles. The number of cyclic esters (lactones) is 1. The van der Waals surface area contributed by atoms with E-state index in [4.69, 9.17) is 4.74 Å². The molecule has 2 saturated carbocycles. The smallest absolute Gasteiger partial charge is 0.461 e. The highest BCUT2D eigenvalue weighted by Gasteiger charge is 2.39. The van der Waals surface area contributed by atoms with Crippen LogP contribution in [0.15, 0.2) is 24.3 Å². The first-order valence-corrected chi connectivity index (χ1v) is 10.4. The van der Waals surface area contributed by atoms with Crippen molar-refractivity contribution < 1.29 is 27.4 Å². The van der Waals surface area contributed by atoms with E-state index >= 15 is 0 Å². The fraction of sp³-hybridized carbons (Fsp3) is 0.682. The molecule has 6 heteroatoms. The van der Waals surface area contributed by atoms with Crippen LogP contribution in [0.4, 0.5) is 13.2 Å². The van der Waals surface area contributed by atoms with Gasteiger partial charge in [-0.05, 0) is 92.7 Å². The fourth-order valence-electron chi connectivity index (χ4n) is 5.44. The SMILES string of the molecule is O=C1CC(C2CCC(C3CCC(c4ccc(OC(F)(F)F)cc4)CC3)CC2)O1. The van der Waals surface area contributed by atoms with Gasteiger partial charge in [0.2, 0.25) is 0 Å². The normalized spacial score (nSPS) is 33.7. The minimum atomic E-state index is -4.64. The van der Waals surface area contributed by atoms with Crippen LogP contribution in [-0.2, 0) is 9.53 Å². The number of hydrogen-bond donors (Lipinski definition) is 0. The zero-order valence-electron chi connectivity index (χ0n) is 15.9. The molecule has 4 rings (SSSR count). The van der Waals surface area contributed by atoms with Crippen molar-refractivity contribution in [3.05, 3.63) is 29.8 Å². The highest BCUT2D eigenvalue weighted by atomic mass is 19.4. The van der Waals surface area contributed by atoms with Crippen LogP contribution in [0.1, 0.15) is 69.3 Å². The summed E-state index contributed by atoms with van der Waals surface area (Å²) in [6, 6.07) is 6.39. The number of esters is 1. The maximum Gasteiger partial charge on any atom is 0.573 e. The monoisotopic (exact) mass is 396 g/mol. The molecule has 1 heterocycles. The number of hydrogen-bond acceptors (Lipinski definition) is 3. The van der Waals surface area contributed by atoms with E-state index in [2.05, 4.69) is 4.74 Å². The first-order valence-electron chi connectivity index (χ1n) is 10.4. The minimum absolute atomic E-state index is 0.0524. The van der Waals surface area contributed by atoms with Crippen LogP contribution in [0.2, 0.25) is 0 Å². The Labute approximate surface area is 163 Å². The van der Waals surface area contributed by atoms with Crippen molar-refractivity contribution in [3.63, 3.8) is 0 Å². The third-order valence-electron chi connectivity index (χ3n) is 7.02. The van der Waals surface area contributed by atoms with Crippen molar-refractivity contribution in [1.82, 2.24) is 0 Å². The molecule has 1 aromatic rings. The molecule has 0 N–H and O–H groups in total. The zero-order chi connectivity index (χ0) is 19.7. The van der Waals surface area contributed by atoms with Crippen LogP contribution in [0.25, 0.3) is 0 Å². The van der Waals surface area contributed by atoms with Gasteiger partial charge in [0, 0.05) is 0 Å². The number of halogens is 3. The Hall–Kier alpha value is -1.72. The lowest BCUT2D eigenvalue weighted by Gasteiger charge is -2.41. The van der Waals surface area contributed by atoms with Crippen molar-refractivity contribution in [3.8, 4) is 5.75 Å². The van der Waals surface area contributed by atoms with Crippen LogP contribution in [0, 0.1) is 17.8 Å². The summed E-state index contributed by atoms with van der Waals surface area (Å²) < 4.78 is 46.0. The van der Waals surface area contributed by atoms with Crippen molar-refractivity contribution in [2.75, 3.05) is 0 Å². The molecule has 3 aliphatic rings. The fourth-order valence-corrected chi connectivity index (χ4v) is 5.44. The molecule has 1 unspecified atom stereocenters. The molecule has 3 nitrogen and oxygen atoms in total. The second-order valence-corrected chi connectivity index (χ2v) is 8.64. The van der Waals surface area contributed by atoms with Gasteiger partial charge in [0.25, 0.3) is 0 Å². The van der Waals surface area contributed by atoms with E-state index in [1.165, 1.54) is 50.7 Å². The topological polar surface area (TPSA) is 35.5 Å². The molecule has 2 aliphatic carbocycles. The second kappa shape index (κ2) is 7.96. The summed E-state index contributed by atoms with van der Waals surface area (Å²) in [5.41, 5.74) is 1.11. The van der Waals surface area contributed by atoms with Gasteiger partial charge in [-0.1, -0.05) is 12.1 Å². The standard InChI is InChI=1S/C22H27F3O3/c23-22(24,25)28-19-11-9-17(10-12-19)15-3-1-14(2-4-15)16-5-7-18(8-6-16)20-13-21(26)27-20/h9-12,14-16,18,20H,1-8,13H2. The Morgan fingerprint density at radius 3 is 1.82 bits per heavy atom. The van der Waals surface area contributed by atoms with Crippen molar-refractivity contribution in [2.45, 2.75) is 76.2 Å². The quantitative estimate of drug-likeness (QED) is 0.587. The second-order valence-electron chi connectivity index (χ2n) is 8.64. The number of alkyl halides is 3. The van der Waals surface area contributed by atoms with Crippen LogP contribution < -0.4 is 4.74 Å². The van der Waals surface area contributed by atoms with Gasteiger partial charge in [-0.15, -0.1) is 13.2 Å². The van der Waals surface area contributed by atoms with Crippen LogP contribution >= 0.6 is 0 Å². The first kappa shape index (κ1) is 19.6. The summed E-state index contributed by atoms with van der Waals surface area (Å²) in [4.78, 5) is 11.0. The lowest BCUT2D eigenvalue weighted by atomic mass is 9.67. The van der Waals surface area contributed by atoms with Gasteiger partial charge in [-0.25, -0.2) is 0 Å². The Bertz CT molecular complexity index is 661. The van der Waals surface area contributed by atoms with Crippen LogP contribution in [0.3, 0.4) is 0 Å². The van der Waals surface area contributed by atoms with E-state index in [9.17, 15) is 18.0 Å². The molecule has 0 aromatic heterocycles. The predicted octanol–water partition coefficient (Wildman–Crippen LogP) is 5.98. The summed E-state index contributed by atoms with van der Waals surface area (Å²) in [5, 5.41) is 0. The van der Waals surface area contributed by atoms with E-state index in [0.717, 1.165) is 30.2 Å². The van der Waals surface area contributed by atoms with Gasteiger partial charge < -0.3 is 9.47 Å². The lowest BCUT2D eigenvalue weighted by molar-refractivity contribution is -0.274. The van der Waals surface area contributed by atoms with Gasteiger partial charge in [0.1, 0.15) is 11.9 Å². The molecule has 1 atom stereocenters. The number of benzene rings is 1. The maximum atomic E-state index is 12.3. The Kier molecular flexibility index (Phi) is 5.57. The molecule has 3 fully saturated rings. The summed E-state index contributed by atoms with van der Waals surface area (Å²) in [6.45, 7) is 0. The molecule has 0 spiro atoms. The van der Waals surface area contributed by atoms with Crippen molar-refractivity contribution in [2.24, 2.45) is 17.8 Å². The highest BCUT2D eigenvalue weighted by Crippen LogP contribution is 2.45. The number of carbonyl (C=O) groups excluding carboxylic acids is 1. The minimum Gasteiger partial charge on any atom is -0.461 e. The molecule has 0 bridgehead atoms. The molecular weight excluding hydrogens is 369 g/mol. The first-order chi connectivity index (χ1) is 13.4. The van der Waals surface area contributed by atoms with Gasteiger partial charge in [-0.2, -0.15) is 0 Å². The van der Waals surface area contributed by atoms with Crippen LogP contribution in [-0.4, -0.2) is 18.4 Å². The summed E-state index contributed by atoms with van der Waals surface area (Å²) in [7, 11) is 0. The summed E-state index contributed by atoms with van der Waals surface area (Å²) >= 11 is 0. The van der Waals surface area contributed by atoms with E-state index in [1.54, 1.807) is 12.1 Å². The molecule has 154 valence electrons. The summed E-state index contributed by atoms with van der Waals surface area (Å²) in [6.07, 6.45) is 5.54. The number of ether oxygens (including phenoxy) is 2. The Morgan fingerprint density at radius 1 is 0.821 bits per heavy atom. The third kappa shape index (κ3) is 4.64. The lowest BCUT2D eigenvalue weighted by Crippen LogP contribution is -2.41. The van der Waals surface area contributed by atoms with E-state index in [1.807, 2.05) is 0 Å². The van der Waals surface area contributed by atoms with Crippen molar-refractivity contribution in [1.29, 1.82) is 0 Å². The Morgan fingerprint density at radius 2 is 1.32 bits per heavy atom. The number of carbonyl (C=O) groups is 1. The molecular formula is C22H27F3O3.